The number of carbonyl (C=O) groups is 3. The first-order valence-corrected chi connectivity index (χ1v) is 7.55. The molecule has 1 aliphatic heterocycles. The average Bonchev–Trinajstić information content (AvgIpc) is 2.70. The van der Waals surface area contributed by atoms with Crippen LogP contribution in [0, 0.1) is 0 Å². The molecule has 2 rings (SSSR count). The predicted octanol–water partition coefficient (Wildman–Crippen LogP) is 1.12. The van der Waals surface area contributed by atoms with Gasteiger partial charge < -0.3 is 10.8 Å². The topological polar surface area (TPSA) is 101 Å². The number of benzene rings is 1. The van der Waals surface area contributed by atoms with Gasteiger partial charge in [0, 0.05) is 17.2 Å². The lowest BCUT2D eigenvalue weighted by molar-refractivity contribution is -0.138. The SMILES string of the molecule is N[C@H](CS[C@H]1CC(=O)N(c2cccc(Cl)c2)C1=O)C(=O)O. The Labute approximate surface area is 130 Å². The van der Waals surface area contributed by atoms with Crippen molar-refractivity contribution in [3.8, 4) is 0 Å². The van der Waals surface area contributed by atoms with Crippen LogP contribution in [0.1, 0.15) is 6.42 Å². The Hall–Kier alpha value is -1.57. The molecular weight excluding hydrogens is 316 g/mol. The lowest BCUT2D eigenvalue weighted by atomic mass is 10.3. The fraction of sp³-hybridized carbons (Fsp3) is 0.308. The molecule has 21 heavy (non-hydrogen) atoms. The zero-order valence-electron chi connectivity index (χ0n) is 10.9. The van der Waals surface area contributed by atoms with E-state index in [4.69, 9.17) is 22.4 Å². The number of carbonyl (C=O) groups excluding carboxylic acids is 2. The van der Waals surface area contributed by atoms with E-state index in [1.807, 2.05) is 0 Å². The summed E-state index contributed by atoms with van der Waals surface area (Å²) in [6.45, 7) is 0. The fourth-order valence-electron chi connectivity index (χ4n) is 1.91. The highest BCUT2D eigenvalue weighted by Crippen LogP contribution is 2.30. The molecule has 0 aliphatic carbocycles. The van der Waals surface area contributed by atoms with Gasteiger partial charge in [-0.15, -0.1) is 11.8 Å². The van der Waals surface area contributed by atoms with Crippen LogP contribution in [0.2, 0.25) is 5.02 Å². The van der Waals surface area contributed by atoms with Crippen LogP contribution in [0.3, 0.4) is 0 Å². The van der Waals surface area contributed by atoms with Crippen LogP contribution in [-0.4, -0.2) is 39.9 Å². The number of rotatable bonds is 5. The molecule has 3 N–H and O–H groups in total. The fourth-order valence-corrected chi connectivity index (χ4v) is 3.19. The van der Waals surface area contributed by atoms with Crippen LogP contribution < -0.4 is 10.6 Å². The summed E-state index contributed by atoms with van der Waals surface area (Å²) < 4.78 is 0. The van der Waals surface area contributed by atoms with Crippen LogP contribution in [0.25, 0.3) is 0 Å². The van der Waals surface area contributed by atoms with Gasteiger partial charge in [-0.1, -0.05) is 17.7 Å². The van der Waals surface area contributed by atoms with Gasteiger partial charge in [-0.2, -0.15) is 0 Å². The molecule has 1 aliphatic rings. The number of carboxylic acid groups (broad SMARTS) is 1. The van der Waals surface area contributed by atoms with Crippen molar-refractivity contribution in [1.82, 2.24) is 0 Å². The van der Waals surface area contributed by atoms with Crippen molar-refractivity contribution in [2.24, 2.45) is 5.73 Å². The Kier molecular flexibility index (Phi) is 4.87. The molecule has 0 spiro atoms. The summed E-state index contributed by atoms with van der Waals surface area (Å²) in [6, 6.07) is 5.40. The minimum absolute atomic E-state index is 0.0301. The predicted molar refractivity (Wildman–Crippen MR) is 80.4 cm³/mol. The normalized spacial score (nSPS) is 19.9. The second kappa shape index (κ2) is 6.46. The lowest BCUT2D eigenvalue weighted by Gasteiger charge is -2.15. The molecule has 6 nitrogen and oxygen atoms in total. The molecule has 112 valence electrons. The minimum Gasteiger partial charge on any atom is -0.480 e. The van der Waals surface area contributed by atoms with Crippen LogP contribution in [0.5, 0.6) is 0 Å². The van der Waals surface area contributed by atoms with Crippen LogP contribution in [0.15, 0.2) is 24.3 Å². The van der Waals surface area contributed by atoms with Crippen molar-refractivity contribution in [3.05, 3.63) is 29.3 Å². The van der Waals surface area contributed by atoms with E-state index in [9.17, 15) is 14.4 Å². The number of nitrogens with zero attached hydrogens (tertiary/aromatic N) is 1. The number of amides is 2. The van der Waals surface area contributed by atoms with E-state index < -0.39 is 17.3 Å². The number of anilines is 1. The zero-order chi connectivity index (χ0) is 15.6. The van der Waals surface area contributed by atoms with Gasteiger partial charge in [-0.3, -0.25) is 14.4 Å². The van der Waals surface area contributed by atoms with Crippen molar-refractivity contribution in [3.63, 3.8) is 0 Å². The van der Waals surface area contributed by atoms with Crippen molar-refractivity contribution in [2.45, 2.75) is 17.7 Å². The Morgan fingerprint density at radius 1 is 1.52 bits per heavy atom. The molecule has 0 aromatic heterocycles. The Balaban J connectivity index is 2.08. The first-order valence-electron chi connectivity index (χ1n) is 6.12. The molecule has 0 bridgehead atoms. The molecule has 1 saturated heterocycles. The maximum atomic E-state index is 12.3. The standard InChI is InChI=1S/C13H13ClN2O4S/c14-7-2-1-3-8(4-7)16-11(17)5-10(12(16)18)21-6-9(15)13(19)20/h1-4,9-10H,5-6,15H2,(H,19,20)/t9-,10+/m1/s1. The third kappa shape index (κ3) is 3.55. The van der Waals surface area contributed by atoms with Gasteiger partial charge in [0.15, 0.2) is 0 Å². The summed E-state index contributed by atoms with van der Waals surface area (Å²) in [4.78, 5) is 36.0. The number of hydrogen-bond acceptors (Lipinski definition) is 5. The summed E-state index contributed by atoms with van der Waals surface area (Å²) >= 11 is 6.94. The highest BCUT2D eigenvalue weighted by molar-refractivity contribution is 8.00. The largest absolute Gasteiger partial charge is 0.480 e. The van der Waals surface area contributed by atoms with E-state index in [2.05, 4.69) is 0 Å². The van der Waals surface area contributed by atoms with Gasteiger partial charge in [0.05, 0.1) is 10.9 Å². The van der Waals surface area contributed by atoms with Gasteiger partial charge >= 0.3 is 5.97 Å². The van der Waals surface area contributed by atoms with Gasteiger partial charge in [0.25, 0.3) is 0 Å². The van der Waals surface area contributed by atoms with E-state index in [0.29, 0.717) is 10.7 Å². The molecule has 2 atom stereocenters. The van der Waals surface area contributed by atoms with E-state index in [0.717, 1.165) is 16.7 Å². The number of halogens is 1. The summed E-state index contributed by atoms with van der Waals surface area (Å²) in [5.74, 6) is -1.76. The Morgan fingerprint density at radius 3 is 2.86 bits per heavy atom. The summed E-state index contributed by atoms with van der Waals surface area (Å²) in [6.07, 6.45) is 0.0301. The van der Waals surface area contributed by atoms with E-state index in [-0.39, 0.29) is 24.0 Å². The number of hydrogen-bond donors (Lipinski definition) is 2. The second-order valence-electron chi connectivity index (χ2n) is 4.52. The van der Waals surface area contributed by atoms with Crippen LogP contribution in [-0.2, 0) is 14.4 Å². The highest BCUT2D eigenvalue weighted by atomic mass is 35.5. The molecular formula is C13H13ClN2O4S. The number of aliphatic carboxylic acids is 1. The lowest BCUT2D eigenvalue weighted by Crippen LogP contribution is -2.35. The van der Waals surface area contributed by atoms with Gasteiger partial charge in [0.2, 0.25) is 11.8 Å². The number of thioether (sulfide) groups is 1. The van der Waals surface area contributed by atoms with Crippen LogP contribution in [0.4, 0.5) is 5.69 Å². The number of carboxylic acids is 1. The van der Waals surface area contributed by atoms with E-state index in [1.165, 1.54) is 6.07 Å². The molecule has 0 saturated carbocycles. The maximum Gasteiger partial charge on any atom is 0.321 e. The van der Waals surface area contributed by atoms with Gasteiger partial charge in [-0.25, -0.2) is 4.90 Å². The molecule has 0 unspecified atom stereocenters. The quantitative estimate of drug-likeness (QED) is 0.785. The molecule has 1 fully saturated rings. The molecule has 2 amide bonds. The van der Waals surface area contributed by atoms with Crippen molar-refractivity contribution >= 4 is 46.8 Å². The molecule has 0 radical (unpaired) electrons. The zero-order valence-corrected chi connectivity index (χ0v) is 12.4. The van der Waals surface area contributed by atoms with E-state index in [1.54, 1.807) is 18.2 Å². The third-order valence-electron chi connectivity index (χ3n) is 2.97. The first kappa shape index (κ1) is 15.8. The van der Waals surface area contributed by atoms with Crippen molar-refractivity contribution < 1.29 is 19.5 Å². The van der Waals surface area contributed by atoms with Gasteiger partial charge in [0.1, 0.15) is 6.04 Å². The summed E-state index contributed by atoms with van der Waals surface area (Å²) in [5, 5.41) is 8.54. The molecule has 1 aromatic rings. The van der Waals surface area contributed by atoms with E-state index >= 15 is 0 Å². The average molecular weight is 329 g/mol. The Morgan fingerprint density at radius 2 is 2.24 bits per heavy atom. The minimum atomic E-state index is -1.13. The summed E-state index contributed by atoms with van der Waals surface area (Å²) in [5.41, 5.74) is 5.81. The first-order chi connectivity index (χ1) is 9.90. The third-order valence-corrected chi connectivity index (χ3v) is 4.52. The Bertz CT molecular complexity index is 595. The monoisotopic (exact) mass is 328 g/mol. The van der Waals surface area contributed by atoms with Gasteiger partial charge in [-0.05, 0) is 18.2 Å². The second-order valence-corrected chi connectivity index (χ2v) is 6.19. The van der Waals surface area contributed by atoms with Crippen LogP contribution >= 0.6 is 23.4 Å². The summed E-state index contributed by atoms with van der Waals surface area (Å²) in [7, 11) is 0. The molecule has 1 heterocycles. The highest BCUT2D eigenvalue weighted by Gasteiger charge is 2.40. The number of nitrogens with two attached hydrogens (primary N) is 1. The molecule has 8 heteroatoms. The van der Waals surface area contributed by atoms with Crippen molar-refractivity contribution in [2.75, 3.05) is 10.7 Å². The maximum absolute atomic E-state index is 12.3. The smallest absolute Gasteiger partial charge is 0.321 e. The van der Waals surface area contributed by atoms with Crippen molar-refractivity contribution in [1.29, 1.82) is 0 Å². The molecule has 1 aromatic carbocycles. The number of imide groups is 1.